The minimum absolute atomic E-state index is 0.210. The normalized spacial score (nSPS) is 17.4. The van der Waals surface area contributed by atoms with Crippen LogP contribution in [0.2, 0.25) is 6.82 Å². The highest BCUT2D eigenvalue weighted by Crippen LogP contribution is 2.32. The molecule has 0 amide bonds. The molecule has 1 fully saturated rings. The smallest absolute Gasteiger partial charge is 0.376 e. The van der Waals surface area contributed by atoms with Gasteiger partial charge in [0.25, 0.3) is 0 Å². The number of aromatic nitrogens is 6. The molecule has 1 aliphatic heterocycles. The molecule has 5 rings (SSSR count). The lowest BCUT2D eigenvalue weighted by Gasteiger charge is -2.33. The van der Waals surface area contributed by atoms with Gasteiger partial charge in [0.15, 0.2) is 5.65 Å². The standard InChI is InChI=1S/C20H25BN8O2/c1-13-7-19(31-26-13)25-18-8-17(14-5-4-6-28(12-14)21(2)30)24-20-16(10-23-29(18)20)15-9-22-27(3)11-15/h7-11,14,25,30H,4-6,12H2,1-3H3. The molecule has 4 aromatic rings. The van der Waals surface area contributed by atoms with Gasteiger partial charge in [0, 0.05) is 42.4 Å². The number of fused-ring (bicyclic) bond motifs is 1. The van der Waals surface area contributed by atoms with Gasteiger partial charge in [-0.25, -0.2) is 4.98 Å². The second-order valence-electron chi connectivity index (χ2n) is 8.19. The number of nitrogens with one attached hydrogen (secondary N) is 1. The molecule has 5 heterocycles. The Morgan fingerprint density at radius 2 is 2.13 bits per heavy atom. The fourth-order valence-corrected chi connectivity index (χ4v) is 4.18. The van der Waals surface area contributed by atoms with Crippen molar-refractivity contribution in [1.29, 1.82) is 0 Å². The first kappa shape index (κ1) is 19.8. The number of anilines is 2. The van der Waals surface area contributed by atoms with Crippen molar-refractivity contribution in [1.82, 2.24) is 34.3 Å². The Labute approximate surface area is 180 Å². The molecule has 0 aliphatic carbocycles. The van der Waals surface area contributed by atoms with Crippen molar-refractivity contribution in [2.24, 2.45) is 7.05 Å². The van der Waals surface area contributed by atoms with Crippen LogP contribution in [0.4, 0.5) is 11.7 Å². The molecule has 10 nitrogen and oxygen atoms in total. The lowest BCUT2D eigenvalue weighted by Crippen LogP contribution is -2.43. The fraction of sp³-hybridized carbons (Fsp3) is 0.400. The average Bonchev–Trinajstić information content (AvgIpc) is 3.48. The summed E-state index contributed by atoms with van der Waals surface area (Å²) in [7, 11) is 1.42. The van der Waals surface area contributed by atoms with Gasteiger partial charge in [-0.05, 0) is 39.7 Å². The number of piperidine rings is 1. The van der Waals surface area contributed by atoms with E-state index in [1.54, 1.807) is 9.20 Å². The summed E-state index contributed by atoms with van der Waals surface area (Å²) in [5.74, 6) is 1.51. The van der Waals surface area contributed by atoms with Crippen LogP contribution >= 0.6 is 0 Å². The molecule has 0 bridgehead atoms. The van der Waals surface area contributed by atoms with E-state index in [0.29, 0.717) is 5.88 Å². The van der Waals surface area contributed by atoms with Gasteiger partial charge in [-0.3, -0.25) is 4.68 Å². The monoisotopic (exact) mass is 420 g/mol. The first-order valence-corrected chi connectivity index (χ1v) is 10.5. The van der Waals surface area contributed by atoms with E-state index >= 15 is 0 Å². The number of aryl methyl sites for hydroxylation is 2. The Balaban J connectivity index is 1.61. The van der Waals surface area contributed by atoms with Gasteiger partial charge >= 0.3 is 7.05 Å². The van der Waals surface area contributed by atoms with Crippen molar-refractivity contribution in [3.63, 3.8) is 0 Å². The molecule has 0 spiro atoms. The van der Waals surface area contributed by atoms with Crippen LogP contribution in [0, 0.1) is 6.92 Å². The lowest BCUT2D eigenvalue weighted by atomic mass is 9.80. The number of hydrogen-bond acceptors (Lipinski definition) is 8. The molecule has 1 saturated heterocycles. The molecule has 0 saturated carbocycles. The van der Waals surface area contributed by atoms with Gasteiger partial charge in [-0.2, -0.15) is 14.7 Å². The lowest BCUT2D eigenvalue weighted by molar-refractivity contribution is 0.283. The highest BCUT2D eigenvalue weighted by molar-refractivity contribution is 6.45. The number of rotatable bonds is 5. The number of nitrogens with zero attached hydrogens (tertiary/aromatic N) is 7. The largest absolute Gasteiger partial charge is 0.437 e. The molecule has 1 unspecified atom stereocenters. The SMILES string of the molecule is CB(O)N1CCCC(c2cc(Nc3cc(C)no3)n3ncc(-c4cnn(C)c4)c3n2)C1. The molecule has 4 aromatic heterocycles. The van der Waals surface area contributed by atoms with E-state index in [-0.39, 0.29) is 5.92 Å². The second-order valence-corrected chi connectivity index (χ2v) is 8.19. The third kappa shape index (κ3) is 3.82. The molecule has 2 N–H and O–H groups in total. The van der Waals surface area contributed by atoms with E-state index in [4.69, 9.17) is 9.51 Å². The van der Waals surface area contributed by atoms with Gasteiger partial charge in [0.1, 0.15) is 5.82 Å². The van der Waals surface area contributed by atoms with Gasteiger partial charge in [-0.15, -0.1) is 0 Å². The third-order valence-corrected chi connectivity index (χ3v) is 5.79. The summed E-state index contributed by atoms with van der Waals surface area (Å²) in [6.45, 7) is 5.35. The highest BCUT2D eigenvalue weighted by atomic mass is 16.5. The van der Waals surface area contributed by atoms with Crippen molar-refractivity contribution in [2.75, 3.05) is 18.4 Å². The van der Waals surface area contributed by atoms with E-state index in [1.807, 2.05) is 51.5 Å². The van der Waals surface area contributed by atoms with Crippen LogP contribution in [0.3, 0.4) is 0 Å². The maximum absolute atomic E-state index is 10.1. The van der Waals surface area contributed by atoms with Crippen LogP contribution < -0.4 is 5.32 Å². The van der Waals surface area contributed by atoms with E-state index in [0.717, 1.165) is 59.9 Å². The molecular weight excluding hydrogens is 395 g/mol. The Morgan fingerprint density at radius 1 is 1.26 bits per heavy atom. The minimum Gasteiger partial charge on any atom is -0.437 e. The molecule has 0 aromatic carbocycles. The van der Waals surface area contributed by atoms with Crippen LogP contribution in [0.5, 0.6) is 0 Å². The third-order valence-electron chi connectivity index (χ3n) is 5.79. The fourth-order valence-electron chi connectivity index (χ4n) is 4.18. The summed E-state index contributed by atoms with van der Waals surface area (Å²) in [5.41, 5.74) is 4.37. The number of hydrogen-bond donors (Lipinski definition) is 2. The Morgan fingerprint density at radius 3 is 2.84 bits per heavy atom. The Kier molecular flexibility index (Phi) is 4.99. The van der Waals surface area contributed by atoms with Crippen molar-refractivity contribution in [2.45, 2.75) is 32.5 Å². The molecule has 0 radical (unpaired) electrons. The van der Waals surface area contributed by atoms with Crippen molar-refractivity contribution >= 4 is 24.4 Å². The van der Waals surface area contributed by atoms with E-state index in [1.165, 1.54) is 0 Å². The molecular formula is C20H25BN8O2. The minimum atomic E-state index is -0.470. The summed E-state index contributed by atoms with van der Waals surface area (Å²) in [5, 5.41) is 26.2. The zero-order valence-electron chi connectivity index (χ0n) is 17.9. The molecule has 31 heavy (non-hydrogen) atoms. The first-order chi connectivity index (χ1) is 15.0. The second kappa shape index (κ2) is 7.82. The van der Waals surface area contributed by atoms with Crippen molar-refractivity contribution in [3.8, 4) is 11.1 Å². The molecule has 1 atom stereocenters. The first-order valence-electron chi connectivity index (χ1n) is 10.5. The summed E-state index contributed by atoms with van der Waals surface area (Å²) in [6.07, 6.45) is 7.61. The van der Waals surface area contributed by atoms with Crippen LogP contribution in [0.25, 0.3) is 16.8 Å². The quantitative estimate of drug-likeness (QED) is 0.474. The molecule has 1 aliphatic rings. The summed E-state index contributed by atoms with van der Waals surface area (Å²) >= 11 is 0. The van der Waals surface area contributed by atoms with Gasteiger partial charge < -0.3 is 19.7 Å². The van der Waals surface area contributed by atoms with E-state index in [2.05, 4.69) is 25.5 Å². The zero-order chi connectivity index (χ0) is 21.5. The maximum atomic E-state index is 10.1. The molecule has 160 valence electrons. The Hall–Kier alpha value is -3.18. The summed E-state index contributed by atoms with van der Waals surface area (Å²) in [4.78, 5) is 7.10. The summed E-state index contributed by atoms with van der Waals surface area (Å²) < 4.78 is 8.91. The molecule has 11 heteroatoms. The van der Waals surface area contributed by atoms with Crippen molar-refractivity contribution < 1.29 is 9.55 Å². The average molecular weight is 420 g/mol. The van der Waals surface area contributed by atoms with E-state index in [9.17, 15) is 5.02 Å². The zero-order valence-corrected chi connectivity index (χ0v) is 17.9. The topological polar surface area (TPSA) is 110 Å². The van der Waals surface area contributed by atoms with E-state index < -0.39 is 7.05 Å². The van der Waals surface area contributed by atoms with Crippen LogP contribution in [-0.2, 0) is 7.05 Å². The predicted molar refractivity (Wildman–Crippen MR) is 117 cm³/mol. The van der Waals surface area contributed by atoms with Crippen LogP contribution in [-0.4, -0.2) is 59.5 Å². The van der Waals surface area contributed by atoms with Gasteiger partial charge in [0.05, 0.1) is 23.8 Å². The Bertz CT molecular complexity index is 1210. The highest BCUT2D eigenvalue weighted by Gasteiger charge is 2.28. The van der Waals surface area contributed by atoms with Crippen molar-refractivity contribution in [3.05, 3.63) is 42.1 Å². The maximum Gasteiger partial charge on any atom is 0.376 e. The predicted octanol–water partition coefficient (Wildman–Crippen LogP) is 2.46. The summed E-state index contributed by atoms with van der Waals surface area (Å²) in [6, 6.07) is 3.86. The van der Waals surface area contributed by atoms with Gasteiger partial charge in [-0.1, -0.05) is 5.16 Å². The van der Waals surface area contributed by atoms with Gasteiger partial charge in [0.2, 0.25) is 5.88 Å². The van der Waals surface area contributed by atoms with Crippen LogP contribution in [0.1, 0.15) is 30.1 Å². The van der Waals surface area contributed by atoms with Crippen LogP contribution in [0.15, 0.2) is 35.2 Å².